The van der Waals surface area contributed by atoms with Crippen LogP contribution in [-0.4, -0.2) is 84.1 Å². The molecule has 284 valence electrons. The molecule has 0 radical (unpaired) electrons. The molecular formula is C38H44N2O11S2. The van der Waals surface area contributed by atoms with Crippen molar-refractivity contribution in [2.75, 3.05) is 45.4 Å². The minimum absolute atomic E-state index is 0.0152. The van der Waals surface area contributed by atoms with Crippen molar-refractivity contribution in [3.05, 3.63) is 63.4 Å². The molecule has 15 heteroatoms. The average molecular weight is 769 g/mol. The summed E-state index contributed by atoms with van der Waals surface area (Å²) in [5, 5.41) is 1.67. The summed E-state index contributed by atoms with van der Waals surface area (Å²) in [4.78, 5) is 69.0. The number of cyclic esters (lactones) is 1. The fourth-order valence-electron chi connectivity index (χ4n) is 6.63. The molecule has 3 aromatic rings. The Morgan fingerprint density at radius 1 is 0.925 bits per heavy atom. The number of hydrogen-bond acceptors (Lipinski definition) is 14. The minimum atomic E-state index is -1.85. The van der Waals surface area contributed by atoms with E-state index in [0.29, 0.717) is 24.4 Å². The van der Waals surface area contributed by atoms with Gasteiger partial charge in [0.15, 0.2) is 0 Å². The van der Waals surface area contributed by atoms with E-state index in [1.807, 2.05) is 51.9 Å². The number of esters is 4. The molecule has 1 saturated heterocycles. The zero-order chi connectivity index (χ0) is 37.2. The second kappa shape index (κ2) is 18.4. The smallest absolute Gasteiger partial charge is 0.355 e. The molecule has 13 nitrogen and oxygen atoms in total. The molecule has 1 fully saturated rings. The molecule has 0 spiro atoms. The molecule has 0 saturated carbocycles. The Morgan fingerprint density at radius 3 is 2.38 bits per heavy atom. The summed E-state index contributed by atoms with van der Waals surface area (Å²) in [6.07, 6.45) is 4.09. The number of carbonyl (C=O) groups excluding carboxylic acids is 4. The molecule has 2 atom stereocenters. The number of aromatic nitrogens is 2. The molecule has 0 bridgehead atoms. The molecule has 0 N–H and O–H groups in total. The number of benzene rings is 1. The number of hydrogen-bond donors (Lipinski definition) is 0. The SMILES string of the molecule is CCC1(OC(=O)CCC(=O)OCCOCCOCCOC(=O)CCCCC2CCSS2)C(=O)OCc2c1cc1n(c2=O)Cc2cc3ccccc3nc2-1. The third-order valence-corrected chi connectivity index (χ3v) is 12.5. The van der Waals surface area contributed by atoms with Crippen LogP contribution in [0.4, 0.5) is 0 Å². The van der Waals surface area contributed by atoms with Gasteiger partial charge in [0.05, 0.1) is 68.3 Å². The zero-order valence-corrected chi connectivity index (χ0v) is 31.4. The summed E-state index contributed by atoms with van der Waals surface area (Å²) in [6, 6.07) is 11.4. The highest BCUT2D eigenvalue weighted by atomic mass is 33.1. The van der Waals surface area contributed by atoms with Gasteiger partial charge in [0, 0.05) is 33.9 Å². The van der Waals surface area contributed by atoms with Gasteiger partial charge < -0.3 is 33.0 Å². The van der Waals surface area contributed by atoms with E-state index in [0.717, 1.165) is 41.0 Å². The number of rotatable bonds is 19. The minimum Gasteiger partial charge on any atom is -0.463 e. The summed E-state index contributed by atoms with van der Waals surface area (Å²) in [6.45, 7) is 2.84. The fraction of sp³-hybridized carbons (Fsp3) is 0.526. The zero-order valence-electron chi connectivity index (χ0n) is 29.8. The van der Waals surface area contributed by atoms with Crippen molar-refractivity contribution in [3.63, 3.8) is 0 Å². The van der Waals surface area contributed by atoms with Gasteiger partial charge in [-0.1, -0.05) is 53.1 Å². The highest BCUT2D eigenvalue weighted by Crippen LogP contribution is 2.42. The molecule has 5 heterocycles. The number of carbonyl (C=O) groups is 4. The lowest BCUT2D eigenvalue weighted by Crippen LogP contribution is -2.47. The average Bonchev–Trinajstić information content (AvgIpc) is 3.81. The van der Waals surface area contributed by atoms with Crippen molar-refractivity contribution >= 4 is 56.4 Å². The lowest BCUT2D eigenvalue weighted by Gasteiger charge is -2.35. The van der Waals surface area contributed by atoms with Gasteiger partial charge in [-0.05, 0) is 43.9 Å². The van der Waals surface area contributed by atoms with Gasteiger partial charge in [0.1, 0.15) is 19.8 Å². The Bertz CT molecular complexity index is 1880. The van der Waals surface area contributed by atoms with E-state index in [-0.39, 0.29) is 88.2 Å². The van der Waals surface area contributed by atoms with Gasteiger partial charge in [-0.25, -0.2) is 9.78 Å². The third kappa shape index (κ3) is 9.42. The van der Waals surface area contributed by atoms with E-state index in [4.69, 9.17) is 33.4 Å². The van der Waals surface area contributed by atoms with Crippen molar-refractivity contribution in [1.29, 1.82) is 0 Å². The Morgan fingerprint density at radius 2 is 1.64 bits per heavy atom. The van der Waals surface area contributed by atoms with Gasteiger partial charge in [-0.15, -0.1) is 0 Å². The van der Waals surface area contributed by atoms with Crippen LogP contribution in [0.1, 0.15) is 75.0 Å². The first-order chi connectivity index (χ1) is 25.8. The standard InChI is InChI=1S/C38H44N2O11S2/c1-2-38(29-22-31-35-26(21-25-7-3-5-9-30(25)39-35)23-40(31)36(44)28(29)24-50-37(38)45)51-34(43)12-11-33(42)49-19-17-47-15-14-46-16-18-48-32(41)10-6-4-8-27-13-20-52-53-27/h3,5,7,9,21-22,27H,2,4,6,8,10-20,23-24H2,1H3. The van der Waals surface area contributed by atoms with Gasteiger partial charge >= 0.3 is 23.9 Å². The van der Waals surface area contributed by atoms with Crippen LogP contribution in [0.25, 0.3) is 22.3 Å². The highest BCUT2D eigenvalue weighted by molar-refractivity contribution is 8.77. The van der Waals surface area contributed by atoms with Gasteiger partial charge in [0.25, 0.3) is 5.56 Å². The number of para-hydroxylation sites is 1. The molecule has 1 aromatic carbocycles. The molecular weight excluding hydrogens is 725 g/mol. The summed E-state index contributed by atoms with van der Waals surface area (Å²) in [5.74, 6) is -1.22. The molecule has 53 heavy (non-hydrogen) atoms. The number of fused-ring (bicyclic) bond motifs is 5. The van der Waals surface area contributed by atoms with Crippen LogP contribution in [0, 0.1) is 0 Å². The van der Waals surface area contributed by atoms with Gasteiger partial charge in [-0.2, -0.15) is 0 Å². The molecule has 3 aliphatic heterocycles. The Balaban J connectivity index is 0.895. The van der Waals surface area contributed by atoms with Crippen LogP contribution in [0.5, 0.6) is 0 Å². The summed E-state index contributed by atoms with van der Waals surface area (Å²) in [7, 11) is 3.88. The first kappa shape index (κ1) is 38.8. The Labute approximate surface area is 315 Å². The second-order valence-electron chi connectivity index (χ2n) is 13.0. The lowest BCUT2D eigenvalue weighted by molar-refractivity contribution is -0.189. The second-order valence-corrected chi connectivity index (χ2v) is 15.8. The van der Waals surface area contributed by atoms with E-state index >= 15 is 0 Å². The molecule has 0 aliphatic carbocycles. The Kier molecular flexibility index (Phi) is 13.5. The van der Waals surface area contributed by atoms with Crippen LogP contribution in [0.3, 0.4) is 0 Å². The van der Waals surface area contributed by atoms with Crippen molar-refractivity contribution in [2.45, 2.75) is 82.3 Å². The summed E-state index contributed by atoms with van der Waals surface area (Å²) >= 11 is 0. The quantitative estimate of drug-likeness (QED) is 0.0527. The normalized spacial score (nSPS) is 18.6. The molecule has 2 unspecified atom stereocenters. The number of ether oxygens (including phenoxy) is 6. The maximum absolute atomic E-state index is 13.7. The summed E-state index contributed by atoms with van der Waals surface area (Å²) < 4.78 is 34.0. The third-order valence-electron chi connectivity index (χ3n) is 9.44. The van der Waals surface area contributed by atoms with Crippen LogP contribution < -0.4 is 5.56 Å². The van der Waals surface area contributed by atoms with E-state index < -0.39 is 23.5 Å². The first-order valence-electron chi connectivity index (χ1n) is 18.1. The molecule has 6 rings (SSSR count). The van der Waals surface area contributed by atoms with Crippen molar-refractivity contribution in [2.24, 2.45) is 0 Å². The van der Waals surface area contributed by atoms with Gasteiger partial charge in [0.2, 0.25) is 5.60 Å². The predicted molar refractivity (Wildman–Crippen MR) is 198 cm³/mol. The van der Waals surface area contributed by atoms with Crippen molar-refractivity contribution in [3.8, 4) is 11.4 Å². The number of unbranched alkanes of at least 4 members (excludes halogenated alkanes) is 1. The molecule has 2 aromatic heterocycles. The topological polar surface area (TPSA) is 159 Å². The Hall–Kier alpha value is -3.92. The molecule has 0 amide bonds. The largest absolute Gasteiger partial charge is 0.463 e. The molecule has 3 aliphatic rings. The first-order valence-corrected chi connectivity index (χ1v) is 20.5. The van der Waals surface area contributed by atoms with E-state index in [9.17, 15) is 24.0 Å². The maximum Gasteiger partial charge on any atom is 0.355 e. The lowest BCUT2D eigenvalue weighted by atomic mass is 9.85. The van der Waals surface area contributed by atoms with Crippen LogP contribution in [-0.2, 0) is 66.4 Å². The van der Waals surface area contributed by atoms with Crippen LogP contribution in [0.2, 0.25) is 0 Å². The van der Waals surface area contributed by atoms with Gasteiger partial charge in [-0.3, -0.25) is 19.2 Å². The van der Waals surface area contributed by atoms with E-state index in [1.54, 1.807) is 17.6 Å². The van der Waals surface area contributed by atoms with Crippen molar-refractivity contribution < 1.29 is 47.6 Å². The monoisotopic (exact) mass is 768 g/mol. The maximum atomic E-state index is 13.7. The van der Waals surface area contributed by atoms with E-state index in [2.05, 4.69) is 0 Å². The van der Waals surface area contributed by atoms with E-state index in [1.165, 1.54) is 12.2 Å². The predicted octanol–water partition coefficient (Wildman–Crippen LogP) is 5.24. The number of nitrogens with zero attached hydrogens (tertiary/aromatic N) is 2. The van der Waals surface area contributed by atoms with Crippen molar-refractivity contribution in [1.82, 2.24) is 9.55 Å². The highest BCUT2D eigenvalue weighted by Gasteiger charge is 2.50. The fourth-order valence-corrected chi connectivity index (χ4v) is 9.66. The number of pyridine rings is 2. The summed E-state index contributed by atoms with van der Waals surface area (Å²) in [5.41, 5.74) is 1.12. The van der Waals surface area contributed by atoms with Crippen LogP contribution >= 0.6 is 21.6 Å². The van der Waals surface area contributed by atoms with Crippen LogP contribution in [0.15, 0.2) is 41.2 Å².